The maximum absolute atomic E-state index is 11.7. The molecule has 0 spiro atoms. The molecule has 17 heavy (non-hydrogen) atoms. The van der Waals surface area contributed by atoms with Gasteiger partial charge in [-0.1, -0.05) is 0 Å². The number of carbonyl (C=O) groups is 3. The van der Waals surface area contributed by atoms with Crippen LogP contribution in [0.2, 0.25) is 0 Å². The standard InChI is InChI=1S/C10H14N2O5/c13-5-1-3-11-7(5)10(16)17-6-2-4-12-8(6)9(14)15/h6-8,11-12H,1-4H2,(H,14,15)/t6-,7+,8+/m1/s1. The molecule has 0 aromatic carbocycles. The zero-order valence-electron chi connectivity index (χ0n) is 9.14. The number of ether oxygens (including phenoxy) is 1. The van der Waals surface area contributed by atoms with Crippen molar-refractivity contribution in [2.24, 2.45) is 0 Å². The molecular weight excluding hydrogens is 228 g/mol. The predicted octanol–water partition coefficient (Wildman–Crippen LogP) is -1.72. The molecule has 2 aliphatic rings. The maximum Gasteiger partial charge on any atom is 0.331 e. The molecule has 0 amide bonds. The van der Waals surface area contributed by atoms with E-state index in [9.17, 15) is 14.4 Å². The Labute approximate surface area is 97.5 Å². The van der Waals surface area contributed by atoms with E-state index in [1.807, 2.05) is 0 Å². The van der Waals surface area contributed by atoms with Gasteiger partial charge in [-0.05, 0) is 13.0 Å². The highest BCUT2D eigenvalue weighted by atomic mass is 16.5. The lowest BCUT2D eigenvalue weighted by molar-refractivity contribution is -0.156. The third kappa shape index (κ3) is 2.45. The molecule has 2 saturated heterocycles. The summed E-state index contributed by atoms with van der Waals surface area (Å²) in [6, 6.07) is -1.81. The van der Waals surface area contributed by atoms with Gasteiger partial charge in [0, 0.05) is 13.0 Å². The van der Waals surface area contributed by atoms with Gasteiger partial charge in [-0.2, -0.15) is 0 Å². The summed E-state index contributed by atoms with van der Waals surface area (Å²) in [5.74, 6) is -1.92. The molecule has 7 nitrogen and oxygen atoms in total. The van der Waals surface area contributed by atoms with Crippen LogP contribution >= 0.6 is 0 Å². The molecule has 0 bridgehead atoms. The average molecular weight is 242 g/mol. The van der Waals surface area contributed by atoms with E-state index in [0.29, 0.717) is 25.9 Å². The molecule has 0 saturated carbocycles. The minimum Gasteiger partial charge on any atom is -0.480 e. The third-order valence-corrected chi connectivity index (χ3v) is 2.98. The van der Waals surface area contributed by atoms with Crippen molar-refractivity contribution in [3.8, 4) is 0 Å². The first-order valence-electron chi connectivity index (χ1n) is 5.52. The highest BCUT2D eigenvalue weighted by molar-refractivity contribution is 6.04. The fourth-order valence-electron chi connectivity index (χ4n) is 2.08. The minimum absolute atomic E-state index is 0.201. The predicted molar refractivity (Wildman–Crippen MR) is 55.3 cm³/mol. The van der Waals surface area contributed by atoms with Crippen LogP contribution in [-0.4, -0.2) is 54.1 Å². The van der Waals surface area contributed by atoms with Crippen LogP contribution < -0.4 is 10.6 Å². The van der Waals surface area contributed by atoms with Gasteiger partial charge in [0.1, 0.15) is 12.1 Å². The van der Waals surface area contributed by atoms with Crippen LogP contribution in [0.4, 0.5) is 0 Å². The van der Waals surface area contributed by atoms with Crippen LogP contribution in [0.1, 0.15) is 12.8 Å². The van der Waals surface area contributed by atoms with Gasteiger partial charge in [-0.15, -0.1) is 0 Å². The first-order valence-corrected chi connectivity index (χ1v) is 5.52. The van der Waals surface area contributed by atoms with Gasteiger partial charge in [0.2, 0.25) is 0 Å². The largest absolute Gasteiger partial charge is 0.480 e. The number of hydrogen-bond acceptors (Lipinski definition) is 6. The summed E-state index contributed by atoms with van der Waals surface area (Å²) < 4.78 is 5.07. The SMILES string of the molecule is O=C1CCN[C@@H]1C(=O)O[C@@H]1CCN[C@@H]1C(=O)O. The summed E-state index contributed by atoms with van der Waals surface area (Å²) in [6.45, 7) is 0.949. The molecule has 94 valence electrons. The van der Waals surface area contributed by atoms with Crippen molar-refractivity contribution in [2.75, 3.05) is 13.1 Å². The molecule has 2 heterocycles. The number of carboxylic acids is 1. The summed E-state index contributed by atoms with van der Waals surface area (Å²) in [5, 5.41) is 14.3. The van der Waals surface area contributed by atoms with Gasteiger partial charge in [-0.3, -0.25) is 14.9 Å². The van der Waals surface area contributed by atoms with E-state index < -0.39 is 30.1 Å². The number of esters is 1. The Morgan fingerprint density at radius 1 is 1.29 bits per heavy atom. The Morgan fingerprint density at radius 2 is 2.06 bits per heavy atom. The van der Waals surface area contributed by atoms with Gasteiger partial charge in [0.25, 0.3) is 0 Å². The summed E-state index contributed by atoms with van der Waals surface area (Å²) in [6.07, 6.45) is 0.0597. The monoisotopic (exact) mass is 242 g/mol. The molecule has 2 aliphatic heterocycles. The molecule has 0 aliphatic carbocycles. The fourth-order valence-corrected chi connectivity index (χ4v) is 2.08. The molecule has 3 atom stereocenters. The van der Waals surface area contributed by atoms with Gasteiger partial charge in [0.05, 0.1) is 0 Å². The second-order valence-electron chi connectivity index (χ2n) is 4.14. The number of hydrogen-bond donors (Lipinski definition) is 3. The molecule has 2 fully saturated rings. The summed E-state index contributed by atoms with van der Waals surface area (Å²) in [4.78, 5) is 33.8. The number of nitrogens with one attached hydrogen (secondary N) is 2. The lowest BCUT2D eigenvalue weighted by Gasteiger charge is -2.18. The molecule has 0 radical (unpaired) electrons. The molecule has 0 aromatic heterocycles. The molecular formula is C10H14N2O5. The highest BCUT2D eigenvalue weighted by Gasteiger charge is 2.39. The molecule has 7 heteroatoms. The van der Waals surface area contributed by atoms with Gasteiger partial charge < -0.3 is 15.2 Å². The van der Waals surface area contributed by atoms with E-state index in [2.05, 4.69) is 10.6 Å². The van der Waals surface area contributed by atoms with Crippen molar-refractivity contribution < 1.29 is 24.2 Å². The van der Waals surface area contributed by atoms with Crippen LogP contribution in [-0.2, 0) is 19.1 Å². The van der Waals surface area contributed by atoms with Crippen molar-refractivity contribution in [3.63, 3.8) is 0 Å². The normalized spacial score (nSPS) is 32.7. The van der Waals surface area contributed by atoms with Crippen LogP contribution in [0, 0.1) is 0 Å². The maximum atomic E-state index is 11.7. The van der Waals surface area contributed by atoms with E-state index in [1.165, 1.54) is 0 Å². The summed E-state index contributed by atoms with van der Waals surface area (Å²) in [5.41, 5.74) is 0. The zero-order valence-corrected chi connectivity index (χ0v) is 9.14. The number of carboxylic acid groups (broad SMARTS) is 1. The molecule has 0 aromatic rings. The second-order valence-corrected chi connectivity index (χ2v) is 4.14. The van der Waals surface area contributed by atoms with Crippen LogP contribution in [0.3, 0.4) is 0 Å². The Morgan fingerprint density at radius 3 is 2.65 bits per heavy atom. The topological polar surface area (TPSA) is 105 Å². The quantitative estimate of drug-likeness (QED) is 0.399. The van der Waals surface area contributed by atoms with Crippen molar-refractivity contribution in [3.05, 3.63) is 0 Å². The van der Waals surface area contributed by atoms with E-state index in [-0.39, 0.29) is 5.78 Å². The number of carbonyl (C=O) groups excluding carboxylic acids is 2. The Hall–Kier alpha value is -1.47. The minimum atomic E-state index is -1.05. The van der Waals surface area contributed by atoms with Crippen molar-refractivity contribution in [2.45, 2.75) is 31.0 Å². The third-order valence-electron chi connectivity index (χ3n) is 2.98. The highest BCUT2D eigenvalue weighted by Crippen LogP contribution is 2.14. The second kappa shape index (κ2) is 4.80. The molecule has 3 N–H and O–H groups in total. The van der Waals surface area contributed by atoms with E-state index in [0.717, 1.165) is 0 Å². The van der Waals surface area contributed by atoms with Crippen LogP contribution in [0.5, 0.6) is 0 Å². The fraction of sp³-hybridized carbons (Fsp3) is 0.700. The first-order chi connectivity index (χ1) is 8.09. The summed E-state index contributed by atoms with van der Waals surface area (Å²) in [7, 11) is 0. The molecule has 2 rings (SSSR count). The van der Waals surface area contributed by atoms with Gasteiger partial charge >= 0.3 is 11.9 Å². The Balaban J connectivity index is 1.94. The number of rotatable bonds is 3. The number of Topliss-reactive ketones (excluding diaryl/α,β-unsaturated/α-hetero) is 1. The van der Waals surface area contributed by atoms with Crippen LogP contribution in [0.25, 0.3) is 0 Å². The van der Waals surface area contributed by atoms with Crippen molar-refractivity contribution in [1.82, 2.24) is 10.6 Å². The lowest BCUT2D eigenvalue weighted by atomic mass is 10.1. The lowest BCUT2D eigenvalue weighted by Crippen LogP contribution is -2.44. The number of ketones is 1. The van der Waals surface area contributed by atoms with Gasteiger partial charge in [-0.25, -0.2) is 4.79 Å². The first kappa shape index (κ1) is 12.0. The van der Waals surface area contributed by atoms with Crippen molar-refractivity contribution >= 4 is 17.7 Å². The van der Waals surface area contributed by atoms with Gasteiger partial charge in [0.15, 0.2) is 11.8 Å². The summed E-state index contributed by atoms with van der Waals surface area (Å²) >= 11 is 0. The van der Waals surface area contributed by atoms with E-state index >= 15 is 0 Å². The zero-order chi connectivity index (χ0) is 12.4. The Bertz CT molecular complexity index is 357. The molecule has 0 unspecified atom stereocenters. The van der Waals surface area contributed by atoms with E-state index in [4.69, 9.17) is 9.84 Å². The smallest absolute Gasteiger partial charge is 0.331 e. The van der Waals surface area contributed by atoms with Crippen LogP contribution in [0.15, 0.2) is 0 Å². The number of aliphatic carboxylic acids is 1. The van der Waals surface area contributed by atoms with Crippen molar-refractivity contribution in [1.29, 1.82) is 0 Å². The van der Waals surface area contributed by atoms with E-state index in [1.54, 1.807) is 0 Å². The Kier molecular flexibility index (Phi) is 3.39. The average Bonchev–Trinajstić information content (AvgIpc) is 2.86.